The van der Waals surface area contributed by atoms with Gasteiger partial charge in [-0.3, -0.25) is 34.3 Å². The van der Waals surface area contributed by atoms with Crippen LogP contribution >= 0.6 is 0 Å². The van der Waals surface area contributed by atoms with Gasteiger partial charge in [0.2, 0.25) is 11.8 Å². The van der Waals surface area contributed by atoms with Crippen LogP contribution < -0.4 is 16.0 Å². The third kappa shape index (κ3) is 3.70. The summed E-state index contributed by atoms with van der Waals surface area (Å²) in [5, 5.41) is 2.21. The fraction of sp³-hybridized carbons (Fsp3) is 0.524. The van der Waals surface area contributed by atoms with Gasteiger partial charge in [-0.2, -0.15) is 0 Å². The first-order valence-electron chi connectivity index (χ1n) is 10.4. The van der Waals surface area contributed by atoms with Crippen LogP contribution in [0.2, 0.25) is 0 Å². The highest BCUT2D eigenvalue weighted by molar-refractivity contribution is 6.23. The zero-order valence-corrected chi connectivity index (χ0v) is 17.1. The standard InChI is InChI=1S/C21H27N5O4/c1-13(11-22)12-24-6-8-25(9-7-24)14-2-3-15-16(10-14)21(30)26(20(15)29)17-4-5-18(27)23-19(17)28/h2-3,10,13,17H,4-9,11-12,22H2,1H3,(H,23,27,28). The average molecular weight is 413 g/mol. The van der Waals surface area contributed by atoms with E-state index in [9.17, 15) is 19.2 Å². The number of fused-ring (bicyclic) bond motifs is 1. The van der Waals surface area contributed by atoms with Crippen molar-refractivity contribution in [1.82, 2.24) is 15.1 Å². The maximum Gasteiger partial charge on any atom is 0.262 e. The van der Waals surface area contributed by atoms with Gasteiger partial charge in [0.1, 0.15) is 6.04 Å². The largest absolute Gasteiger partial charge is 0.369 e. The molecule has 3 N–H and O–H groups in total. The quantitative estimate of drug-likeness (QED) is 0.643. The van der Waals surface area contributed by atoms with Gasteiger partial charge in [-0.25, -0.2) is 0 Å². The van der Waals surface area contributed by atoms with Crippen molar-refractivity contribution in [2.24, 2.45) is 11.7 Å². The zero-order chi connectivity index (χ0) is 21.4. The molecule has 9 heteroatoms. The number of carbonyl (C=O) groups is 4. The van der Waals surface area contributed by atoms with Crippen molar-refractivity contribution in [3.8, 4) is 0 Å². The Morgan fingerprint density at radius 1 is 1.07 bits per heavy atom. The number of anilines is 1. The number of nitrogens with zero attached hydrogens (tertiary/aromatic N) is 3. The molecule has 0 aliphatic carbocycles. The molecule has 3 heterocycles. The topological polar surface area (TPSA) is 116 Å². The molecule has 4 amide bonds. The zero-order valence-electron chi connectivity index (χ0n) is 17.1. The van der Waals surface area contributed by atoms with Gasteiger partial charge in [-0.15, -0.1) is 0 Å². The van der Waals surface area contributed by atoms with Crippen LogP contribution in [-0.4, -0.2) is 78.7 Å². The van der Waals surface area contributed by atoms with Crippen LogP contribution in [0.1, 0.15) is 40.5 Å². The Labute approximate surface area is 175 Å². The van der Waals surface area contributed by atoms with Crippen LogP contribution in [0.3, 0.4) is 0 Å². The molecule has 0 saturated carbocycles. The number of rotatable bonds is 5. The van der Waals surface area contributed by atoms with Crippen LogP contribution in [-0.2, 0) is 9.59 Å². The van der Waals surface area contributed by atoms with E-state index in [1.54, 1.807) is 12.1 Å². The lowest BCUT2D eigenvalue weighted by Gasteiger charge is -2.37. The maximum absolute atomic E-state index is 13.0. The summed E-state index contributed by atoms with van der Waals surface area (Å²) in [5.74, 6) is -1.46. The molecule has 2 atom stereocenters. The molecular formula is C21H27N5O4. The molecule has 160 valence electrons. The van der Waals surface area contributed by atoms with Crippen LogP contribution in [0, 0.1) is 5.92 Å². The summed E-state index contributed by atoms with van der Waals surface area (Å²) in [6.45, 7) is 7.27. The summed E-state index contributed by atoms with van der Waals surface area (Å²) < 4.78 is 0. The van der Waals surface area contributed by atoms with E-state index >= 15 is 0 Å². The SMILES string of the molecule is CC(CN)CN1CCN(c2ccc3c(c2)C(=O)N(C2CCC(=O)NC2=O)C3=O)CC1. The van der Waals surface area contributed by atoms with Gasteiger partial charge in [0, 0.05) is 44.8 Å². The Bertz CT molecular complexity index is 893. The van der Waals surface area contributed by atoms with E-state index in [4.69, 9.17) is 5.73 Å². The summed E-state index contributed by atoms with van der Waals surface area (Å²) in [4.78, 5) is 55.0. The van der Waals surface area contributed by atoms with E-state index < -0.39 is 23.8 Å². The molecule has 1 aromatic rings. The Hall–Kier alpha value is -2.78. The number of benzene rings is 1. The molecule has 0 spiro atoms. The molecule has 3 aliphatic heterocycles. The molecular weight excluding hydrogens is 386 g/mol. The van der Waals surface area contributed by atoms with Crippen LogP contribution in [0.4, 0.5) is 5.69 Å². The molecule has 9 nitrogen and oxygen atoms in total. The van der Waals surface area contributed by atoms with Crippen molar-refractivity contribution in [3.63, 3.8) is 0 Å². The van der Waals surface area contributed by atoms with E-state index in [1.165, 1.54) is 0 Å². The first-order valence-corrected chi connectivity index (χ1v) is 10.4. The molecule has 0 radical (unpaired) electrons. The van der Waals surface area contributed by atoms with Crippen molar-refractivity contribution in [2.75, 3.05) is 44.2 Å². The summed E-state index contributed by atoms with van der Waals surface area (Å²) in [6.07, 6.45) is 0.272. The second-order valence-corrected chi connectivity index (χ2v) is 8.31. The second-order valence-electron chi connectivity index (χ2n) is 8.31. The summed E-state index contributed by atoms with van der Waals surface area (Å²) in [6, 6.07) is 4.33. The first kappa shape index (κ1) is 20.5. The predicted molar refractivity (Wildman–Crippen MR) is 110 cm³/mol. The summed E-state index contributed by atoms with van der Waals surface area (Å²) in [7, 11) is 0. The molecule has 1 aromatic carbocycles. The minimum atomic E-state index is -0.938. The van der Waals surface area contributed by atoms with Gasteiger partial charge < -0.3 is 10.6 Å². The summed E-state index contributed by atoms with van der Waals surface area (Å²) in [5.41, 5.74) is 7.25. The monoisotopic (exact) mass is 413 g/mol. The minimum absolute atomic E-state index is 0.113. The lowest BCUT2D eigenvalue weighted by Crippen LogP contribution is -2.54. The number of amides is 4. The highest BCUT2D eigenvalue weighted by atomic mass is 16.2. The van der Waals surface area contributed by atoms with Crippen molar-refractivity contribution in [2.45, 2.75) is 25.8 Å². The Balaban J connectivity index is 1.48. The number of imide groups is 2. The lowest BCUT2D eigenvalue weighted by molar-refractivity contribution is -0.136. The van der Waals surface area contributed by atoms with Gasteiger partial charge in [-0.05, 0) is 37.1 Å². The highest BCUT2D eigenvalue weighted by Gasteiger charge is 2.44. The van der Waals surface area contributed by atoms with Gasteiger partial charge in [0.25, 0.3) is 11.8 Å². The van der Waals surface area contributed by atoms with Gasteiger partial charge in [0.15, 0.2) is 0 Å². The van der Waals surface area contributed by atoms with Crippen LogP contribution in [0.5, 0.6) is 0 Å². The number of hydrogen-bond donors (Lipinski definition) is 2. The molecule has 0 bridgehead atoms. The van der Waals surface area contributed by atoms with Crippen molar-refractivity contribution < 1.29 is 19.2 Å². The van der Waals surface area contributed by atoms with Gasteiger partial charge in [-0.1, -0.05) is 6.92 Å². The van der Waals surface area contributed by atoms with Crippen molar-refractivity contribution in [3.05, 3.63) is 29.3 Å². The molecule has 2 unspecified atom stereocenters. The fourth-order valence-electron chi connectivity index (χ4n) is 4.36. The first-order chi connectivity index (χ1) is 14.4. The second kappa shape index (κ2) is 8.16. The molecule has 3 aliphatic rings. The Kier molecular flexibility index (Phi) is 5.57. The third-order valence-corrected chi connectivity index (χ3v) is 6.13. The molecule has 2 fully saturated rings. The van der Waals surface area contributed by atoms with Gasteiger partial charge in [0.05, 0.1) is 11.1 Å². The predicted octanol–water partition coefficient (Wildman–Crippen LogP) is -0.195. The van der Waals surface area contributed by atoms with E-state index in [0.717, 1.165) is 43.3 Å². The van der Waals surface area contributed by atoms with E-state index in [1.807, 2.05) is 6.07 Å². The molecule has 4 rings (SSSR count). The number of carbonyl (C=O) groups excluding carboxylic acids is 4. The normalized spacial score (nSPS) is 23.6. The van der Waals surface area contributed by atoms with Gasteiger partial charge >= 0.3 is 0 Å². The van der Waals surface area contributed by atoms with Crippen molar-refractivity contribution in [1.29, 1.82) is 0 Å². The molecule has 0 aromatic heterocycles. The average Bonchev–Trinajstić information content (AvgIpc) is 2.98. The van der Waals surface area contributed by atoms with Crippen molar-refractivity contribution >= 4 is 29.3 Å². The highest BCUT2D eigenvalue weighted by Crippen LogP contribution is 2.31. The minimum Gasteiger partial charge on any atom is -0.369 e. The van der Waals surface area contributed by atoms with Crippen LogP contribution in [0.15, 0.2) is 18.2 Å². The number of piperidine rings is 1. The Morgan fingerprint density at radius 2 is 1.77 bits per heavy atom. The molecule has 30 heavy (non-hydrogen) atoms. The lowest BCUT2D eigenvalue weighted by atomic mass is 10.0. The third-order valence-electron chi connectivity index (χ3n) is 6.13. The maximum atomic E-state index is 13.0. The smallest absolute Gasteiger partial charge is 0.262 e. The molecule has 2 saturated heterocycles. The van der Waals surface area contributed by atoms with Crippen LogP contribution in [0.25, 0.3) is 0 Å². The number of piperazine rings is 1. The number of nitrogens with two attached hydrogens (primary N) is 1. The number of nitrogens with one attached hydrogen (secondary N) is 1. The van der Waals surface area contributed by atoms with E-state index in [2.05, 4.69) is 22.0 Å². The van der Waals surface area contributed by atoms with E-state index in [-0.39, 0.29) is 18.7 Å². The van der Waals surface area contributed by atoms with E-state index in [0.29, 0.717) is 23.6 Å². The Morgan fingerprint density at radius 3 is 2.43 bits per heavy atom. The fourth-order valence-corrected chi connectivity index (χ4v) is 4.36. The summed E-state index contributed by atoms with van der Waals surface area (Å²) >= 11 is 0. The number of hydrogen-bond acceptors (Lipinski definition) is 7.